The second-order valence-corrected chi connectivity index (χ2v) is 7.08. The Kier molecular flexibility index (Phi) is 6.06. The lowest BCUT2D eigenvalue weighted by Gasteiger charge is -2.36. The van der Waals surface area contributed by atoms with Crippen molar-refractivity contribution in [1.29, 1.82) is 0 Å². The van der Waals surface area contributed by atoms with Gasteiger partial charge in [0.15, 0.2) is 11.0 Å². The topological polar surface area (TPSA) is 96.6 Å². The number of nitrogens with one attached hydrogen (secondary N) is 1. The Morgan fingerprint density at radius 3 is 2.62 bits per heavy atom. The third-order valence-corrected chi connectivity index (χ3v) is 3.77. The zero-order chi connectivity index (χ0) is 17.7. The molecule has 9 heteroatoms. The van der Waals surface area contributed by atoms with Crippen LogP contribution in [0.1, 0.15) is 20.8 Å². The average Bonchev–Trinajstić information content (AvgIpc) is 2.49. The number of nitrogens with zero attached hydrogens (tertiary/aromatic N) is 4. The van der Waals surface area contributed by atoms with Crippen molar-refractivity contribution >= 4 is 29.2 Å². The highest BCUT2D eigenvalue weighted by atomic mass is 35.5. The van der Waals surface area contributed by atoms with Crippen LogP contribution in [0.3, 0.4) is 0 Å². The first-order valence-corrected chi connectivity index (χ1v) is 8.35. The van der Waals surface area contributed by atoms with E-state index in [1.807, 2.05) is 20.8 Å². The number of halogens is 1. The average molecular weight is 357 g/mol. The number of nitrogens with two attached hydrogens (primary N) is 1. The fourth-order valence-corrected chi connectivity index (χ4v) is 2.61. The number of hydrogen-bond donors (Lipinski definition) is 2. The minimum atomic E-state index is -0.477. The molecule has 0 saturated carbocycles. The summed E-state index contributed by atoms with van der Waals surface area (Å²) in [6.45, 7) is 10.2. The molecular weight excluding hydrogens is 332 g/mol. The lowest BCUT2D eigenvalue weighted by Crippen LogP contribution is -2.49. The number of nitrogen functional groups attached to an aromatic ring is 1. The maximum Gasteiger partial charge on any atom is 0.407 e. The van der Waals surface area contributed by atoms with Gasteiger partial charge in [-0.05, 0) is 20.8 Å². The molecule has 1 aliphatic heterocycles. The smallest absolute Gasteiger partial charge is 0.407 e. The zero-order valence-corrected chi connectivity index (χ0v) is 15.1. The van der Waals surface area contributed by atoms with Crippen LogP contribution in [0, 0.1) is 0 Å². The quantitative estimate of drug-likeness (QED) is 0.840. The molecular formula is C15H25ClN6O2. The lowest BCUT2D eigenvalue weighted by molar-refractivity contribution is 0.0521. The van der Waals surface area contributed by atoms with Crippen molar-refractivity contribution in [2.24, 2.45) is 0 Å². The van der Waals surface area contributed by atoms with Gasteiger partial charge in [0.1, 0.15) is 5.60 Å². The number of alkyl carbamates (subject to hydrolysis) is 1. The number of piperazine rings is 1. The van der Waals surface area contributed by atoms with E-state index >= 15 is 0 Å². The van der Waals surface area contributed by atoms with E-state index in [0.29, 0.717) is 17.5 Å². The normalized spacial score (nSPS) is 16.1. The van der Waals surface area contributed by atoms with E-state index < -0.39 is 5.60 Å². The molecule has 0 aromatic carbocycles. The molecule has 24 heavy (non-hydrogen) atoms. The molecule has 1 amide bonds. The fourth-order valence-electron chi connectivity index (χ4n) is 2.46. The van der Waals surface area contributed by atoms with Crippen LogP contribution in [0.2, 0.25) is 5.15 Å². The van der Waals surface area contributed by atoms with Crippen molar-refractivity contribution in [2.45, 2.75) is 26.4 Å². The van der Waals surface area contributed by atoms with E-state index in [1.165, 1.54) is 0 Å². The zero-order valence-electron chi connectivity index (χ0n) is 14.4. The Morgan fingerprint density at radius 1 is 1.33 bits per heavy atom. The number of ether oxygens (including phenoxy) is 1. The summed E-state index contributed by atoms with van der Waals surface area (Å²) in [5.41, 5.74) is 6.21. The summed E-state index contributed by atoms with van der Waals surface area (Å²) < 4.78 is 5.21. The monoisotopic (exact) mass is 356 g/mol. The predicted octanol–water partition coefficient (Wildman–Crippen LogP) is 1.36. The summed E-state index contributed by atoms with van der Waals surface area (Å²) >= 11 is 5.89. The molecule has 0 unspecified atom stereocenters. The van der Waals surface area contributed by atoms with Gasteiger partial charge >= 0.3 is 6.09 Å². The van der Waals surface area contributed by atoms with Crippen LogP contribution >= 0.6 is 11.6 Å². The van der Waals surface area contributed by atoms with E-state index in [2.05, 4.69) is 25.3 Å². The van der Waals surface area contributed by atoms with Gasteiger partial charge in [0.2, 0.25) is 0 Å². The molecule has 3 N–H and O–H groups in total. The maximum absolute atomic E-state index is 11.6. The van der Waals surface area contributed by atoms with Gasteiger partial charge in [-0.1, -0.05) is 11.6 Å². The van der Waals surface area contributed by atoms with E-state index in [0.717, 1.165) is 38.4 Å². The van der Waals surface area contributed by atoms with Crippen molar-refractivity contribution in [2.75, 3.05) is 49.9 Å². The molecule has 2 heterocycles. The molecule has 2 rings (SSSR count). The van der Waals surface area contributed by atoms with Crippen molar-refractivity contribution in [3.63, 3.8) is 0 Å². The molecule has 0 atom stereocenters. The first-order chi connectivity index (χ1) is 11.2. The van der Waals surface area contributed by atoms with E-state index in [4.69, 9.17) is 22.1 Å². The summed E-state index contributed by atoms with van der Waals surface area (Å²) in [7, 11) is 0. The van der Waals surface area contributed by atoms with Gasteiger partial charge in [-0.3, -0.25) is 4.90 Å². The lowest BCUT2D eigenvalue weighted by atomic mass is 10.2. The Labute approximate surface area is 147 Å². The van der Waals surface area contributed by atoms with Crippen LogP contribution in [0.15, 0.2) is 6.07 Å². The number of aromatic nitrogens is 2. The minimum absolute atomic E-state index is 0.336. The second kappa shape index (κ2) is 7.85. The maximum atomic E-state index is 11.6. The Hall–Kier alpha value is -1.80. The number of anilines is 2. The van der Waals surface area contributed by atoms with E-state index in [1.54, 1.807) is 6.07 Å². The molecule has 1 aromatic rings. The van der Waals surface area contributed by atoms with Crippen LogP contribution in [-0.4, -0.2) is 66.1 Å². The van der Waals surface area contributed by atoms with Crippen molar-refractivity contribution < 1.29 is 9.53 Å². The first-order valence-electron chi connectivity index (χ1n) is 7.97. The molecule has 134 valence electrons. The van der Waals surface area contributed by atoms with E-state index in [9.17, 15) is 4.79 Å². The molecule has 1 saturated heterocycles. The number of rotatable bonds is 4. The Morgan fingerprint density at radius 2 is 2.00 bits per heavy atom. The molecule has 1 aromatic heterocycles. The molecule has 0 spiro atoms. The van der Waals surface area contributed by atoms with Gasteiger partial charge in [-0.2, -0.15) is 0 Å². The highest BCUT2D eigenvalue weighted by Gasteiger charge is 2.20. The summed E-state index contributed by atoms with van der Waals surface area (Å²) in [4.78, 5) is 16.0. The van der Waals surface area contributed by atoms with E-state index in [-0.39, 0.29) is 6.09 Å². The standard InChI is InChI=1S/C15H25ClN6O2/c1-15(2,3)24-14(23)18-4-5-21-6-8-22(9-7-21)11-10-12(16)19-20-13(11)17/h10H,4-9H2,1-3H3,(H2,17,20)(H,18,23). The number of carbonyl (C=O) groups is 1. The van der Waals surface area contributed by atoms with Gasteiger partial charge in [-0.15, -0.1) is 10.2 Å². The van der Waals surface area contributed by atoms with Gasteiger partial charge in [0, 0.05) is 45.3 Å². The molecule has 1 aliphatic rings. The van der Waals surface area contributed by atoms with Crippen molar-refractivity contribution in [1.82, 2.24) is 20.4 Å². The largest absolute Gasteiger partial charge is 0.444 e. The fraction of sp³-hybridized carbons (Fsp3) is 0.667. The van der Waals surface area contributed by atoms with Crippen LogP contribution in [0.25, 0.3) is 0 Å². The Bertz CT molecular complexity index is 570. The second-order valence-electron chi connectivity index (χ2n) is 6.69. The number of hydrogen-bond acceptors (Lipinski definition) is 7. The summed E-state index contributed by atoms with van der Waals surface area (Å²) in [6, 6.07) is 1.74. The highest BCUT2D eigenvalue weighted by molar-refractivity contribution is 6.29. The molecule has 8 nitrogen and oxygen atoms in total. The molecule has 0 radical (unpaired) electrons. The van der Waals surface area contributed by atoms with Gasteiger partial charge < -0.3 is 20.7 Å². The summed E-state index contributed by atoms with van der Waals surface area (Å²) in [5, 5.41) is 10.7. The van der Waals surface area contributed by atoms with Crippen molar-refractivity contribution in [3.05, 3.63) is 11.2 Å². The first kappa shape index (κ1) is 18.5. The SMILES string of the molecule is CC(C)(C)OC(=O)NCCN1CCN(c2cc(Cl)nnc2N)CC1. The minimum Gasteiger partial charge on any atom is -0.444 e. The highest BCUT2D eigenvalue weighted by Crippen LogP contribution is 2.24. The molecule has 0 aliphatic carbocycles. The van der Waals surface area contributed by atoms with Gasteiger partial charge in [0.05, 0.1) is 5.69 Å². The van der Waals surface area contributed by atoms with Crippen molar-refractivity contribution in [3.8, 4) is 0 Å². The molecule has 0 bridgehead atoms. The number of carbonyl (C=O) groups excluding carboxylic acids is 1. The third kappa shape index (κ3) is 5.68. The van der Waals surface area contributed by atoms with Crippen LogP contribution in [-0.2, 0) is 4.74 Å². The molecule has 1 fully saturated rings. The summed E-state index contributed by atoms with van der Waals surface area (Å²) in [5.74, 6) is 0.388. The third-order valence-electron chi connectivity index (χ3n) is 3.58. The van der Waals surface area contributed by atoms with Crippen LogP contribution in [0.4, 0.5) is 16.3 Å². The number of amides is 1. The Balaban J connectivity index is 1.73. The van der Waals surface area contributed by atoms with Gasteiger partial charge in [0.25, 0.3) is 0 Å². The predicted molar refractivity (Wildman–Crippen MR) is 94.3 cm³/mol. The van der Waals surface area contributed by atoms with Gasteiger partial charge in [-0.25, -0.2) is 4.79 Å². The van der Waals surface area contributed by atoms with Crippen LogP contribution < -0.4 is 16.0 Å². The summed E-state index contributed by atoms with van der Waals surface area (Å²) in [6.07, 6.45) is -0.383. The van der Waals surface area contributed by atoms with Crippen LogP contribution in [0.5, 0.6) is 0 Å².